The van der Waals surface area contributed by atoms with Crippen LogP contribution < -0.4 is 20.1 Å². The number of nitrogens with zero attached hydrogens (tertiary/aromatic N) is 4. The van der Waals surface area contributed by atoms with Crippen LogP contribution in [0.1, 0.15) is 11.4 Å². The van der Waals surface area contributed by atoms with Gasteiger partial charge in [0.25, 0.3) is 0 Å². The summed E-state index contributed by atoms with van der Waals surface area (Å²) in [5, 5.41) is 14.9. The molecule has 134 valence electrons. The first-order chi connectivity index (χ1) is 12.7. The number of pyridine rings is 1. The van der Waals surface area contributed by atoms with Crippen molar-refractivity contribution in [3.05, 3.63) is 52.4 Å². The molecule has 2 aromatic heterocycles. The third-order valence-corrected chi connectivity index (χ3v) is 4.56. The Balaban J connectivity index is 1.39. The van der Waals surface area contributed by atoms with Crippen molar-refractivity contribution in [1.29, 1.82) is 0 Å². The van der Waals surface area contributed by atoms with Gasteiger partial charge in [-0.25, -0.2) is 0 Å². The SMILES string of the molecule is CN=C(NCc1cc(Br)c2c(c1)OCO2)NCc1nnc2ccccn12. The molecule has 0 fully saturated rings. The largest absolute Gasteiger partial charge is 0.454 e. The highest BCUT2D eigenvalue weighted by atomic mass is 79.9. The minimum absolute atomic E-state index is 0.250. The fourth-order valence-electron chi connectivity index (χ4n) is 2.70. The van der Waals surface area contributed by atoms with E-state index in [0.717, 1.165) is 33.0 Å². The monoisotopic (exact) mass is 416 g/mol. The highest BCUT2D eigenvalue weighted by Gasteiger charge is 2.18. The quantitative estimate of drug-likeness (QED) is 0.500. The molecule has 4 rings (SSSR count). The smallest absolute Gasteiger partial charge is 0.231 e. The van der Waals surface area contributed by atoms with Crippen molar-refractivity contribution < 1.29 is 9.47 Å². The zero-order valence-corrected chi connectivity index (χ0v) is 15.7. The number of aliphatic imine (C=N–C) groups is 1. The Morgan fingerprint density at radius 1 is 1.23 bits per heavy atom. The predicted octanol–water partition coefficient (Wildman–Crippen LogP) is 2.09. The lowest BCUT2D eigenvalue weighted by Gasteiger charge is -2.12. The molecule has 0 saturated heterocycles. The highest BCUT2D eigenvalue weighted by Crippen LogP contribution is 2.39. The second-order valence-corrected chi connectivity index (χ2v) is 6.49. The molecule has 0 aliphatic carbocycles. The van der Waals surface area contributed by atoms with E-state index in [2.05, 4.69) is 41.8 Å². The third kappa shape index (κ3) is 3.30. The molecule has 8 nitrogen and oxygen atoms in total. The molecule has 1 aliphatic heterocycles. The number of guanidine groups is 1. The van der Waals surface area contributed by atoms with Crippen LogP contribution >= 0.6 is 15.9 Å². The molecule has 3 heterocycles. The fraction of sp³-hybridized carbons (Fsp3) is 0.235. The second-order valence-electron chi connectivity index (χ2n) is 5.64. The summed E-state index contributed by atoms with van der Waals surface area (Å²) in [6.45, 7) is 1.35. The summed E-state index contributed by atoms with van der Waals surface area (Å²) >= 11 is 3.51. The minimum atomic E-state index is 0.250. The van der Waals surface area contributed by atoms with Crippen LogP contribution in [-0.4, -0.2) is 34.4 Å². The topological polar surface area (TPSA) is 85.1 Å². The number of benzene rings is 1. The molecule has 0 spiro atoms. The zero-order chi connectivity index (χ0) is 17.9. The maximum Gasteiger partial charge on any atom is 0.231 e. The highest BCUT2D eigenvalue weighted by molar-refractivity contribution is 9.10. The average Bonchev–Trinajstić information content (AvgIpc) is 3.29. The van der Waals surface area contributed by atoms with Crippen molar-refractivity contribution in [3.8, 4) is 11.5 Å². The van der Waals surface area contributed by atoms with E-state index in [0.29, 0.717) is 19.0 Å². The molecule has 9 heteroatoms. The summed E-state index contributed by atoms with van der Waals surface area (Å²) in [6.07, 6.45) is 1.94. The van der Waals surface area contributed by atoms with Gasteiger partial charge in [0.15, 0.2) is 28.9 Å². The first kappa shape index (κ1) is 16.6. The predicted molar refractivity (Wildman–Crippen MR) is 100 cm³/mol. The lowest BCUT2D eigenvalue weighted by molar-refractivity contribution is 0.173. The van der Waals surface area contributed by atoms with Crippen molar-refractivity contribution in [1.82, 2.24) is 25.2 Å². The van der Waals surface area contributed by atoms with Gasteiger partial charge >= 0.3 is 0 Å². The van der Waals surface area contributed by atoms with Gasteiger partial charge in [0, 0.05) is 19.8 Å². The fourth-order valence-corrected chi connectivity index (χ4v) is 3.31. The molecule has 0 saturated carbocycles. The Kier molecular flexibility index (Phi) is 4.61. The Hall–Kier alpha value is -2.81. The molecule has 0 bridgehead atoms. The zero-order valence-electron chi connectivity index (χ0n) is 14.1. The van der Waals surface area contributed by atoms with Crippen LogP contribution in [0.15, 0.2) is 46.0 Å². The first-order valence-electron chi connectivity index (χ1n) is 8.06. The van der Waals surface area contributed by atoms with Crippen LogP contribution in [0.25, 0.3) is 5.65 Å². The minimum Gasteiger partial charge on any atom is -0.454 e. The van der Waals surface area contributed by atoms with E-state index >= 15 is 0 Å². The second kappa shape index (κ2) is 7.20. The van der Waals surface area contributed by atoms with Crippen LogP contribution in [0, 0.1) is 0 Å². The van der Waals surface area contributed by atoms with E-state index in [9.17, 15) is 0 Å². The average molecular weight is 417 g/mol. The first-order valence-corrected chi connectivity index (χ1v) is 8.85. The summed E-state index contributed by atoms with van der Waals surface area (Å²) in [4.78, 5) is 4.25. The van der Waals surface area contributed by atoms with Crippen molar-refractivity contribution >= 4 is 27.5 Å². The maximum atomic E-state index is 5.45. The Morgan fingerprint density at radius 3 is 3.00 bits per heavy atom. The van der Waals surface area contributed by atoms with E-state index < -0.39 is 0 Å². The number of ether oxygens (including phenoxy) is 2. The molecule has 0 unspecified atom stereocenters. The molecular weight excluding hydrogens is 400 g/mol. The van der Waals surface area contributed by atoms with Crippen LogP contribution in [0.4, 0.5) is 0 Å². The lowest BCUT2D eigenvalue weighted by atomic mass is 10.2. The Labute approximate surface area is 158 Å². The van der Waals surface area contributed by atoms with Gasteiger partial charge in [-0.2, -0.15) is 0 Å². The van der Waals surface area contributed by atoms with Gasteiger partial charge in [0.2, 0.25) is 6.79 Å². The lowest BCUT2D eigenvalue weighted by Crippen LogP contribution is -2.36. The number of fused-ring (bicyclic) bond motifs is 2. The maximum absolute atomic E-state index is 5.45. The summed E-state index contributed by atoms with van der Waals surface area (Å²) in [5.74, 6) is 2.98. The van der Waals surface area contributed by atoms with Gasteiger partial charge in [-0.1, -0.05) is 6.07 Å². The summed E-state index contributed by atoms with van der Waals surface area (Å²) < 4.78 is 13.7. The third-order valence-electron chi connectivity index (χ3n) is 3.97. The van der Waals surface area contributed by atoms with E-state index in [-0.39, 0.29) is 6.79 Å². The van der Waals surface area contributed by atoms with Gasteiger partial charge in [-0.15, -0.1) is 10.2 Å². The van der Waals surface area contributed by atoms with Crippen molar-refractivity contribution in [2.24, 2.45) is 4.99 Å². The van der Waals surface area contributed by atoms with Gasteiger partial charge < -0.3 is 20.1 Å². The normalized spacial score (nSPS) is 13.2. The molecule has 0 atom stereocenters. The van der Waals surface area contributed by atoms with Gasteiger partial charge in [-0.05, 0) is 45.8 Å². The molecule has 26 heavy (non-hydrogen) atoms. The summed E-state index contributed by atoms with van der Waals surface area (Å²) in [7, 11) is 1.73. The number of hydrogen-bond acceptors (Lipinski definition) is 5. The van der Waals surface area contributed by atoms with Gasteiger partial charge in [-0.3, -0.25) is 9.39 Å². The standard InChI is InChI=1S/C17H17BrN6O2/c1-19-17(21-9-15-23-22-14-4-2-3-5-24(14)15)20-8-11-6-12(18)16-13(7-11)25-10-26-16/h2-7H,8-10H2,1H3,(H2,19,20,21). The Bertz CT molecular complexity index is 971. The van der Waals surface area contributed by atoms with E-state index in [1.54, 1.807) is 7.05 Å². The summed E-state index contributed by atoms with van der Waals surface area (Å²) in [6, 6.07) is 9.76. The van der Waals surface area contributed by atoms with Crippen molar-refractivity contribution in [2.45, 2.75) is 13.1 Å². The van der Waals surface area contributed by atoms with Gasteiger partial charge in [0.1, 0.15) is 0 Å². The number of aromatic nitrogens is 3. The number of nitrogens with one attached hydrogen (secondary N) is 2. The number of rotatable bonds is 4. The van der Waals surface area contributed by atoms with Gasteiger partial charge in [0.05, 0.1) is 11.0 Å². The van der Waals surface area contributed by atoms with Crippen LogP contribution in [0.5, 0.6) is 11.5 Å². The molecule has 1 aliphatic rings. The molecule has 3 aromatic rings. The molecule has 1 aromatic carbocycles. The molecular formula is C17H17BrN6O2. The van der Waals surface area contributed by atoms with E-state index in [1.807, 2.05) is 40.9 Å². The number of hydrogen-bond donors (Lipinski definition) is 2. The summed E-state index contributed by atoms with van der Waals surface area (Å²) in [5.41, 5.74) is 1.87. The molecule has 2 N–H and O–H groups in total. The van der Waals surface area contributed by atoms with E-state index in [4.69, 9.17) is 9.47 Å². The van der Waals surface area contributed by atoms with Crippen molar-refractivity contribution in [2.75, 3.05) is 13.8 Å². The van der Waals surface area contributed by atoms with Crippen molar-refractivity contribution in [3.63, 3.8) is 0 Å². The Morgan fingerprint density at radius 2 is 2.12 bits per heavy atom. The van der Waals surface area contributed by atoms with Crippen LogP contribution in [0.3, 0.4) is 0 Å². The van der Waals surface area contributed by atoms with Crippen LogP contribution in [-0.2, 0) is 13.1 Å². The van der Waals surface area contributed by atoms with Crippen LogP contribution in [0.2, 0.25) is 0 Å². The molecule has 0 amide bonds. The van der Waals surface area contributed by atoms with E-state index in [1.165, 1.54) is 0 Å². The molecule has 0 radical (unpaired) electrons. The number of halogens is 1.